The highest BCUT2D eigenvalue weighted by molar-refractivity contribution is 4.87. The lowest BCUT2D eigenvalue weighted by atomic mass is 10.1. The van der Waals surface area contributed by atoms with E-state index in [9.17, 15) is 0 Å². The molecule has 1 N–H and O–H groups in total. The van der Waals surface area contributed by atoms with Gasteiger partial charge in [0.1, 0.15) is 0 Å². The van der Waals surface area contributed by atoms with Crippen molar-refractivity contribution in [2.75, 3.05) is 45.9 Å². The molecule has 0 bridgehead atoms. The first-order valence-corrected chi connectivity index (χ1v) is 9.13. The molecule has 3 fully saturated rings. The predicted octanol–water partition coefficient (Wildman–Crippen LogP) is 1.70. The average Bonchev–Trinajstić information content (AvgIpc) is 3.20. The summed E-state index contributed by atoms with van der Waals surface area (Å²) in [5.74, 6) is 0. The van der Waals surface area contributed by atoms with Gasteiger partial charge in [0, 0.05) is 44.9 Å². The minimum atomic E-state index is 0.469. The normalized spacial score (nSPS) is 33.6. The molecule has 4 heteroatoms. The van der Waals surface area contributed by atoms with Crippen LogP contribution in [0, 0.1) is 0 Å². The number of nitrogens with one attached hydrogen (secondary N) is 1. The zero-order valence-electron chi connectivity index (χ0n) is 13.7. The highest BCUT2D eigenvalue weighted by Gasteiger charge is 2.30. The van der Waals surface area contributed by atoms with Crippen molar-refractivity contribution in [2.24, 2.45) is 0 Å². The van der Waals surface area contributed by atoms with Crippen molar-refractivity contribution in [1.82, 2.24) is 15.1 Å². The van der Waals surface area contributed by atoms with Crippen molar-refractivity contribution in [3.05, 3.63) is 0 Å². The molecule has 0 radical (unpaired) electrons. The summed E-state index contributed by atoms with van der Waals surface area (Å²) in [6, 6.07) is 1.48. The van der Waals surface area contributed by atoms with Crippen molar-refractivity contribution in [2.45, 2.75) is 63.6 Å². The van der Waals surface area contributed by atoms with Crippen molar-refractivity contribution >= 4 is 0 Å². The lowest BCUT2D eigenvalue weighted by molar-refractivity contribution is 0.107. The molecule has 3 atom stereocenters. The Labute approximate surface area is 130 Å². The Morgan fingerprint density at radius 1 is 1.10 bits per heavy atom. The zero-order chi connectivity index (χ0) is 14.5. The van der Waals surface area contributed by atoms with Gasteiger partial charge in [-0.25, -0.2) is 0 Å². The number of hydrogen-bond acceptors (Lipinski definition) is 4. The Hall–Kier alpha value is -0.160. The number of likely N-dealkylation sites (tertiary alicyclic amines) is 2. The first-order chi connectivity index (χ1) is 10.3. The summed E-state index contributed by atoms with van der Waals surface area (Å²) in [6.07, 6.45) is 8.58. The van der Waals surface area contributed by atoms with Gasteiger partial charge in [-0.1, -0.05) is 6.42 Å². The summed E-state index contributed by atoms with van der Waals surface area (Å²) >= 11 is 0. The molecule has 3 aliphatic rings. The largest absolute Gasteiger partial charge is 0.377 e. The van der Waals surface area contributed by atoms with Crippen molar-refractivity contribution in [3.8, 4) is 0 Å². The van der Waals surface area contributed by atoms with Crippen molar-refractivity contribution in [3.63, 3.8) is 0 Å². The topological polar surface area (TPSA) is 27.7 Å². The van der Waals surface area contributed by atoms with E-state index in [1.165, 1.54) is 64.7 Å². The molecule has 0 aliphatic carbocycles. The Balaban J connectivity index is 1.34. The third-order valence-electron chi connectivity index (χ3n) is 5.56. The maximum absolute atomic E-state index is 5.67. The summed E-state index contributed by atoms with van der Waals surface area (Å²) in [7, 11) is 0. The van der Waals surface area contributed by atoms with Gasteiger partial charge in [0.15, 0.2) is 0 Å². The van der Waals surface area contributed by atoms with Gasteiger partial charge in [-0.05, 0) is 52.1 Å². The third kappa shape index (κ3) is 4.41. The van der Waals surface area contributed by atoms with E-state index in [1.54, 1.807) is 0 Å². The summed E-state index contributed by atoms with van der Waals surface area (Å²) in [4.78, 5) is 5.43. The van der Waals surface area contributed by atoms with E-state index in [2.05, 4.69) is 22.0 Å². The average molecular weight is 295 g/mol. The molecule has 122 valence electrons. The van der Waals surface area contributed by atoms with E-state index in [0.29, 0.717) is 12.1 Å². The van der Waals surface area contributed by atoms with E-state index in [-0.39, 0.29) is 0 Å². The van der Waals surface area contributed by atoms with Gasteiger partial charge in [0.2, 0.25) is 0 Å². The number of rotatable bonds is 6. The van der Waals surface area contributed by atoms with Crippen LogP contribution in [0.4, 0.5) is 0 Å². The Bertz CT molecular complexity index is 300. The summed E-state index contributed by atoms with van der Waals surface area (Å²) in [5.41, 5.74) is 0. The van der Waals surface area contributed by atoms with Crippen molar-refractivity contribution in [1.29, 1.82) is 0 Å². The molecular weight excluding hydrogens is 262 g/mol. The number of nitrogens with zero attached hydrogens (tertiary/aromatic N) is 2. The molecule has 0 aromatic rings. The van der Waals surface area contributed by atoms with Crippen LogP contribution in [0.15, 0.2) is 0 Å². The fourth-order valence-corrected chi connectivity index (χ4v) is 4.14. The van der Waals surface area contributed by atoms with Crippen LogP contribution in [0.3, 0.4) is 0 Å². The Morgan fingerprint density at radius 2 is 1.95 bits per heavy atom. The van der Waals surface area contributed by atoms with Crippen LogP contribution in [-0.4, -0.2) is 73.9 Å². The fraction of sp³-hybridized carbons (Fsp3) is 1.00. The molecule has 3 unspecified atom stereocenters. The third-order valence-corrected chi connectivity index (χ3v) is 5.56. The van der Waals surface area contributed by atoms with E-state index < -0.39 is 0 Å². The first-order valence-electron chi connectivity index (χ1n) is 9.13. The number of piperidine rings is 1. The second kappa shape index (κ2) is 7.91. The van der Waals surface area contributed by atoms with Crippen LogP contribution >= 0.6 is 0 Å². The van der Waals surface area contributed by atoms with Gasteiger partial charge in [0.25, 0.3) is 0 Å². The first kappa shape index (κ1) is 15.7. The molecular formula is C17H33N3O. The molecule has 0 aromatic heterocycles. The smallest absolute Gasteiger partial charge is 0.0700 e. The molecule has 3 aliphatic heterocycles. The maximum atomic E-state index is 5.67. The van der Waals surface area contributed by atoms with E-state index >= 15 is 0 Å². The van der Waals surface area contributed by atoms with Crippen molar-refractivity contribution < 1.29 is 4.74 Å². The van der Waals surface area contributed by atoms with Crippen LogP contribution in [0.1, 0.15) is 45.4 Å². The quantitative estimate of drug-likeness (QED) is 0.807. The van der Waals surface area contributed by atoms with Crippen LogP contribution in [0.2, 0.25) is 0 Å². The van der Waals surface area contributed by atoms with Gasteiger partial charge < -0.3 is 10.1 Å². The lowest BCUT2D eigenvalue weighted by Gasteiger charge is -2.33. The minimum Gasteiger partial charge on any atom is -0.377 e. The van der Waals surface area contributed by atoms with E-state index in [4.69, 9.17) is 4.74 Å². The second-order valence-corrected chi connectivity index (χ2v) is 7.18. The SMILES string of the molecule is CC(CNCC1CCCO1)N1CCC(N2CCCCC2)C1. The minimum absolute atomic E-state index is 0.469. The summed E-state index contributed by atoms with van der Waals surface area (Å²) in [5, 5.41) is 3.62. The molecule has 0 aromatic carbocycles. The van der Waals surface area contributed by atoms with Gasteiger partial charge >= 0.3 is 0 Å². The molecule has 3 saturated heterocycles. The van der Waals surface area contributed by atoms with Crippen LogP contribution in [0.5, 0.6) is 0 Å². The van der Waals surface area contributed by atoms with Gasteiger partial charge in [-0.15, -0.1) is 0 Å². The van der Waals surface area contributed by atoms with E-state index in [0.717, 1.165) is 25.7 Å². The fourth-order valence-electron chi connectivity index (χ4n) is 4.14. The highest BCUT2D eigenvalue weighted by atomic mass is 16.5. The summed E-state index contributed by atoms with van der Waals surface area (Å²) < 4.78 is 5.67. The Morgan fingerprint density at radius 3 is 2.71 bits per heavy atom. The molecule has 3 rings (SSSR count). The summed E-state index contributed by atoms with van der Waals surface area (Å²) in [6.45, 7) is 10.7. The number of hydrogen-bond donors (Lipinski definition) is 1. The van der Waals surface area contributed by atoms with Crippen LogP contribution < -0.4 is 5.32 Å². The molecule has 0 amide bonds. The van der Waals surface area contributed by atoms with Gasteiger partial charge in [-0.2, -0.15) is 0 Å². The van der Waals surface area contributed by atoms with Gasteiger partial charge in [-0.3, -0.25) is 9.80 Å². The zero-order valence-corrected chi connectivity index (χ0v) is 13.7. The molecule has 3 heterocycles. The van der Waals surface area contributed by atoms with E-state index in [1.807, 2.05) is 0 Å². The molecule has 4 nitrogen and oxygen atoms in total. The van der Waals surface area contributed by atoms with Crippen LogP contribution in [-0.2, 0) is 4.74 Å². The second-order valence-electron chi connectivity index (χ2n) is 7.18. The van der Waals surface area contributed by atoms with Gasteiger partial charge in [0.05, 0.1) is 6.10 Å². The monoisotopic (exact) mass is 295 g/mol. The predicted molar refractivity (Wildman–Crippen MR) is 86.7 cm³/mol. The lowest BCUT2D eigenvalue weighted by Crippen LogP contribution is -2.44. The molecule has 0 saturated carbocycles. The maximum Gasteiger partial charge on any atom is 0.0700 e. The number of ether oxygens (including phenoxy) is 1. The molecule has 21 heavy (non-hydrogen) atoms. The highest BCUT2D eigenvalue weighted by Crippen LogP contribution is 2.21. The van der Waals surface area contributed by atoms with Crippen LogP contribution in [0.25, 0.3) is 0 Å². The Kier molecular flexibility index (Phi) is 5.92. The standard InChI is InChI=1S/C17H33N3O/c1-15(12-18-13-17-6-5-11-21-17)20-10-7-16(14-20)19-8-3-2-4-9-19/h15-18H,2-14H2,1H3. The molecule has 0 spiro atoms.